The molecule has 0 saturated heterocycles. The fourth-order valence-electron chi connectivity index (χ4n) is 1.91. The van der Waals surface area contributed by atoms with E-state index in [1.165, 1.54) is 6.20 Å². The molecule has 1 aromatic carbocycles. The molecule has 0 aliphatic carbocycles. The molecule has 1 amide bonds. The number of sulfonamides is 1. The lowest BCUT2D eigenvalue weighted by molar-refractivity contribution is -0.138. The number of aromatic nitrogens is 3. The van der Waals surface area contributed by atoms with E-state index < -0.39 is 27.7 Å². The topological polar surface area (TPSA) is 143 Å². The van der Waals surface area contributed by atoms with Crippen LogP contribution >= 0.6 is 0 Å². The summed E-state index contributed by atoms with van der Waals surface area (Å²) in [6, 6.07) is 4.30. The van der Waals surface area contributed by atoms with Gasteiger partial charge in [-0.3, -0.25) is 9.59 Å². The molecule has 1 heterocycles. The summed E-state index contributed by atoms with van der Waals surface area (Å²) in [5.74, 6) is -2.05. The molecule has 0 spiro atoms. The molecule has 0 radical (unpaired) electrons. The highest BCUT2D eigenvalue weighted by molar-refractivity contribution is 7.89. The summed E-state index contributed by atoms with van der Waals surface area (Å²) in [6.07, 6.45) is 1.26. The zero-order valence-corrected chi connectivity index (χ0v) is 14.2. The van der Waals surface area contributed by atoms with E-state index in [2.05, 4.69) is 20.4 Å². The second kappa shape index (κ2) is 8.49. The molecular weight excluding hydrogens is 369 g/mol. The lowest BCUT2D eigenvalue weighted by atomic mass is 10.4. The predicted octanol–water partition coefficient (Wildman–Crippen LogP) is -0.513. The van der Waals surface area contributed by atoms with Crippen molar-refractivity contribution in [1.82, 2.24) is 25.0 Å². The number of rotatable bonds is 9. The highest BCUT2D eigenvalue weighted by Crippen LogP contribution is 2.09. The van der Waals surface area contributed by atoms with E-state index in [0.717, 1.165) is 28.9 Å². The van der Waals surface area contributed by atoms with E-state index in [0.29, 0.717) is 5.69 Å². The number of hydrogen-bond donors (Lipinski definition) is 3. The third-order valence-corrected chi connectivity index (χ3v) is 4.60. The van der Waals surface area contributed by atoms with Crippen molar-refractivity contribution < 1.29 is 27.5 Å². The van der Waals surface area contributed by atoms with E-state index >= 15 is 0 Å². The van der Waals surface area contributed by atoms with Gasteiger partial charge < -0.3 is 10.4 Å². The summed E-state index contributed by atoms with van der Waals surface area (Å²) in [7, 11) is -3.83. The van der Waals surface area contributed by atoms with E-state index in [9.17, 15) is 22.4 Å². The number of carboxylic acid groups (broad SMARTS) is 1. The molecule has 0 atom stereocenters. The highest BCUT2D eigenvalue weighted by atomic mass is 32.2. The molecule has 0 aliphatic rings. The molecule has 140 valence electrons. The van der Waals surface area contributed by atoms with Crippen molar-refractivity contribution in [1.29, 1.82) is 0 Å². The summed E-state index contributed by atoms with van der Waals surface area (Å²) >= 11 is 0. The summed E-state index contributed by atoms with van der Waals surface area (Å²) < 4.78 is 40.1. The predicted molar refractivity (Wildman–Crippen MR) is 85.7 cm³/mol. The largest absolute Gasteiger partial charge is 0.480 e. The first kappa shape index (κ1) is 19.5. The van der Waals surface area contributed by atoms with Crippen molar-refractivity contribution in [3.63, 3.8) is 0 Å². The molecule has 10 nitrogen and oxygen atoms in total. The van der Waals surface area contributed by atoms with Crippen molar-refractivity contribution in [2.75, 3.05) is 6.54 Å². The fourth-order valence-corrected chi connectivity index (χ4v) is 2.94. The molecule has 2 aromatic rings. The summed E-state index contributed by atoms with van der Waals surface area (Å²) in [5.41, 5.74) is 0.367. The zero-order chi connectivity index (χ0) is 19.2. The van der Waals surface area contributed by atoms with E-state index in [1.54, 1.807) is 0 Å². The van der Waals surface area contributed by atoms with Gasteiger partial charge in [0.05, 0.1) is 17.6 Å². The number of amides is 1. The van der Waals surface area contributed by atoms with Crippen LogP contribution in [0.4, 0.5) is 4.39 Å². The van der Waals surface area contributed by atoms with Gasteiger partial charge in [0.2, 0.25) is 15.9 Å². The van der Waals surface area contributed by atoms with Gasteiger partial charge in [-0.2, -0.15) is 0 Å². The molecule has 26 heavy (non-hydrogen) atoms. The number of carbonyl (C=O) groups is 2. The number of aliphatic carboxylic acids is 1. The third-order valence-electron chi connectivity index (χ3n) is 3.12. The van der Waals surface area contributed by atoms with Gasteiger partial charge in [0.1, 0.15) is 18.1 Å². The number of carbonyl (C=O) groups excluding carboxylic acids is 1. The third kappa shape index (κ3) is 5.89. The van der Waals surface area contributed by atoms with E-state index in [4.69, 9.17) is 5.11 Å². The lowest BCUT2D eigenvalue weighted by Gasteiger charge is -2.07. The molecule has 0 aliphatic heterocycles. The number of benzene rings is 1. The Hall–Kier alpha value is -2.86. The highest BCUT2D eigenvalue weighted by Gasteiger charge is 2.14. The average Bonchev–Trinajstić information content (AvgIpc) is 3.00. The molecule has 0 saturated carbocycles. The Balaban J connectivity index is 1.75. The van der Waals surface area contributed by atoms with Gasteiger partial charge in [-0.1, -0.05) is 5.21 Å². The zero-order valence-electron chi connectivity index (χ0n) is 13.4. The smallest absolute Gasteiger partial charge is 0.325 e. The Kier molecular flexibility index (Phi) is 6.36. The van der Waals surface area contributed by atoms with Gasteiger partial charge in [0.15, 0.2) is 0 Å². The van der Waals surface area contributed by atoms with Gasteiger partial charge in [-0.15, -0.1) is 5.10 Å². The van der Waals surface area contributed by atoms with Crippen LogP contribution in [-0.4, -0.2) is 46.9 Å². The van der Waals surface area contributed by atoms with Crippen LogP contribution in [0, 0.1) is 5.82 Å². The maximum absolute atomic E-state index is 12.8. The van der Waals surface area contributed by atoms with Crippen LogP contribution in [0.5, 0.6) is 0 Å². The Morgan fingerprint density at radius 2 is 1.92 bits per heavy atom. The van der Waals surface area contributed by atoms with E-state index in [1.807, 2.05) is 0 Å². The second-order valence-corrected chi connectivity index (χ2v) is 6.95. The number of nitrogens with zero attached hydrogens (tertiary/aromatic N) is 3. The first-order valence-electron chi connectivity index (χ1n) is 7.39. The van der Waals surface area contributed by atoms with Gasteiger partial charge >= 0.3 is 5.97 Å². The normalized spacial score (nSPS) is 11.3. The molecule has 1 aromatic heterocycles. The molecule has 3 N–H and O–H groups in total. The molecule has 12 heteroatoms. The monoisotopic (exact) mass is 385 g/mol. The number of halogens is 1. The van der Waals surface area contributed by atoms with Crippen LogP contribution in [0.15, 0.2) is 35.4 Å². The summed E-state index contributed by atoms with van der Waals surface area (Å²) in [6.45, 7) is -0.452. The van der Waals surface area contributed by atoms with Crippen LogP contribution in [0.1, 0.15) is 12.1 Å². The van der Waals surface area contributed by atoms with Crippen molar-refractivity contribution >= 4 is 21.9 Å². The second-order valence-electron chi connectivity index (χ2n) is 5.18. The van der Waals surface area contributed by atoms with Gasteiger partial charge in [0.25, 0.3) is 0 Å². The van der Waals surface area contributed by atoms with E-state index in [-0.39, 0.29) is 31.0 Å². The van der Waals surface area contributed by atoms with Crippen LogP contribution in [0.2, 0.25) is 0 Å². The van der Waals surface area contributed by atoms with Crippen LogP contribution in [0.3, 0.4) is 0 Å². The van der Waals surface area contributed by atoms with Gasteiger partial charge in [-0.25, -0.2) is 22.2 Å². The fraction of sp³-hybridized carbons (Fsp3) is 0.286. The van der Waals surface area contributed by atoms with Crippen LogP contribution in [-0.2, 0) is 32.7 Å². The average molecular weight is 385 g/mol. The molecule has 0 fully saturated rings. The lowest BCUT2D eigenvalue weighted by Crippen LogP contribution is -2.30. The first-order valence-corrected chi connectivity index (χ1v) is 8.87. The molecule has 0 unspecified atom stereocenters. The number of nitrogens with one attached hydrogen (secondary N) is 2. The molecular formula is C14H16FN5O5S. The van der Waals surface area contributed by atoms with Crippen molar-refractivity contribution in [2.45, 2.75) is 24.4 Å². The van der Waals surface area contributed by atoms with Crippen LogP contribution in [0.25, 0.3) is 0 Å². The number of hydrogen-bond acceptors (Lipinski definition) is 6. The van der Waals surface area contributed by atoms with Crippen molar-refractivity contribution in [3.8, 4) is 0 Å². The maximum atomic E-state index is 12.8. The Morgan fingerprint density at radius 3 is 2.58 bits per heavy atom. The molecule has 0 bridgehead atoms. The summed E-state index contributed by atoms with van der Waals surface area (Å²) in [5, 5.41) is 18.4. The SMILES string of the molecule is O=C(O)Cn1cc(CNC(=O)CCNS(=O)(=O)c2ccc(F)cc2)nn1. The Bertz CT molecular complexity index is 881. The minimum Gasteiger partial charge on any atom is -0.480 e. The maximum Gasteiger partial charge on any atom is 0.325 e. The van der Waals surface area contributed by atoms with Crippen molar-refractivity contribution in [2.24, 2.45) is 0 Å². The Labute approximate surface area is 148 Å². The first-order chi connectivity index (χ1) is 12.3. The standard InChI is InChI=1S/C14H16FN5O5S/c15-10-1-3-12(4-2-10)26(24,25)17-6-5-13(21)16-7-11-8-20(19-18-11)9-14(22)23/h1-4,8,17H,5-7,9H2,(H,16,21)(H,22,23). The van der Waals surface area contributed by atoms with Gasteiger partial charge in [0, 0.05) is 13.0 Å². The van der Waals surface area contributed by atoms with Gasteiger partial charge in [-0.05, 0) is 24.3 Å². The van der Waals surface area contributed by atoms with Crippen molar-refractivity contribution in [3.05, 3.63) is 42.0 Å². The minimum absolute atomic E-state index is 0.0309. The minimum atomic E-state index is -3.83. The Morgan fingerprint density at radius 1 is 1.23 bits per heavy atom. The molecule has 2 rings (SSSR count). The quantitative estimate of drug-likeness (QED) is 0.527. The number of carboxylic acids is 1. The van der Waals surface area contributed by atoms with Crippen LogP contribution < -0.4 is 10.0 Å². The summed E-state index contributed by atoms with van der Waals surface area (Å²) in [4.78, 5) is 22.2.